The van der Waals surface area contributed by atoms with Crippen LogP contribution in [0, 0.1) is 17.5 Å². The topological polar surface area (TPSA) is 106 Å². The average molecular weight is 539 g/mol. The van der Waals surface area contributed by atoms with Gasteiger partial charge in [0.15, 0.2) is 11.4 Å². The van der Waals surface area contributed by atoms with Crippen molar-refractivity contribution < 1.29 is 23.1 Å². The van der Waals surface area contributed by atoms with Crippen molar-refractivity contribution in [2.75, 3.05) is 13.1 Å². The number of nitrogens with zero attached hydrogens (tertiary/aromatic N) is 6. The Labute approximate surface area is 221 Å². The Bertz CT molecular complexity index is 1600. The summed E-state index contributed by atoms with van der Waals surface area (Å²) in [5.41, 5.74) is -0.736. The van der Waals surface area contributed by atoms with Crippen molar-refractivity contribution in [3.05, 3.63) is 93.5 Å². The first-order valence-electron chi connectivity index (χ1n) is 12.4. The number of carbonyl (C=O) groups is 1. The molecule has 4 heterocycles. The molecule has 202 valence electrons. The highest BCUT2D eigenvalue weighted by Crippen LogP contribution is 2.32. The lowest BCUT2D eigenvalue weighted by Crippen LogP contribution is -2.38. The van der Waals surface area contributed by atoms with Gasteiger partial charge in [0.2, 0.25) is 5.88 Å². The van der Waals surface area contributed by atoms with Gasteiger partial charge in [-0.05, 0) is 42.7 Å². The maximum absolute atomic E-state index is 14.3. The summed E-state index contributed by atoms with van der Waals surface area (Å²) in [4.78, 5) is 37.2. The van der Waals surface area contributed by atoms with Gasteiger partial charge in [0.25, 0.3) is 11.5 Å². The number of carbonyl (C=O) groups excluding carboxylic acids is 1. The lowest BCUT2D eigenvalue weighted by molar-refractivity contribution is 0.0783. The first-order valence-corrected chi connectivity index (χ1v) is 12.4. The monoisotopic (exact) mass is 538 g/mol. The molecule has 1 amide bonds. The van der Waals surface area contributed by atoms with Crippen LogP contribution >= 0.6 is 0 Å². The fourth-order valence-corrected chi connectivity index (χ4v) is 5.10. The van der Waals surface area contributed by atoms with E-state index in [1.54, 1.807) is 20.2 Å². The molecule has 5 rings (SSSR count). The highest BCUT2D eigenvalue weighted by atomic mass is 19.1. The minimum Gasteiger partial charge on any atom is -0.493 e. The molecule has 0 saturated carbocycles. The van der Waals surface area contributed by atoms with Crippen LogP contribution in [0.5, 0.6) is 5.88 Å². The van der Waals surface area contributed by atoms with Gasteiger partial charge in [-0.3, -0.25) is 23.8 Å². The number of halogens is 3. The molecule has 2 atom stereocenters. The van der Waals surface area contributed by atoms with Crippen molar-refractivity contribution in [3.8, 4) is 17.3 Å². The van der Waals surface area contributed by atoms with Crippen molar-refractivity contribution in [2.45, 2.75) is 31.7 Å². The molecule has 3 aromatic heterocycles. The average Bonchev–Trinajstić information content (AvgIpc) is 3.55. The molecule has 1 saturated heterocycles. The zero-order chi connectivity index (χ0) is 27.8. The molecule has 1 aliphatic rings. The van der Waals surface area contributed by atoms with Crippen molar-refractivity contribution in [1.82, 2.24) is 29.2 Å². The van der Waals surface area contributed by atoms with Crippen molar-refractivity contribution in [3.63, 3.8) is 0 Å². The number of likely N-dealkylation sites (tertiary alicyclic amines) is 1. The summed E-state index contributed by atoms with van der Waals surface area (Å²) in [7, 11) is 1.65. The van der Waals surface area contributed by atoms with Crippen LogP contribution in [0.4, 0.5) is 13.2 Å². The molecule has 4 aromatic rings. The van der Waals surface area contributed by atoms with Crippen molar-refractivity contribution in [1.29, 1.82) is 0 Å². The third kappa shape index (κ3) is 4.89. The van der Waals surface area contributed by atoms with Gasteiger partial charge in [-0.15, -0.1) is 0 Å². The molecule has 0 spiro atoms. The van der Waals surface area contributed by atoms with E-state index in [0.29, 0.717) is 12.0 Å². The van der Waals surface area contributed by atoms with Gasteiger partial charge in [0.05, 0.1) is 23.5 Å². The summed E-state index contributed by atoms with van der Waals surface area (Å²) >= 11 is 0. The highest BCUT2D eigenvalue weighted by molar-refractivity contribution is 5.96. The lowest BCUT2D eigenvalue weighted by Gasteiger charge is -2.24. The minimum atomic E-state index is -0.925. The van der Waals surface area contributed by atoms with Gasteiger partial charge in [-0.2, -0.15) is 10.1 Å². The summed E-state index contributed by atoms with van der Waals surface area (Å²) in [5.74, 6) is -4.12. The third-order valence-electron chi connectivity index (χ3n) is 6.89. The molecule has 1 aromatic carbocycles. The summed E-state index contributed by atoms with van der Waals surface area (Å²) in [6, 6.07) is 4.78. The van der Waals surface area contributed by atoms with Gasteiger partial charge >= 0.3 is 0 Å². The SMILES string of the molecule is CCC(c1cc(F)cc(F)c1)n1c(-c2cnn(C)c2)nc(O)c(C(=O)N2CCC(c3ncccc3F)C2)c1=O. The zero-order valence-corrected chi connectivity index (χ0v) is 21.2. The molecule has 2 unspecified atom stereocenters. The van der Waals surface area contributed by atoms with Gasteiger partial charge in [0, 0.05) is 44.5 Å². The number of pyridine rings is 1. The van der Waals surface area contributed by atoms with E-state index in [1.807, 2.05) is 0 Å². The number of hydrogen-bond donors (Lipinski definition) is 1. The summed E-state index contributed by atoms with van der Waals surface area (Å²) < 4.78 is 45.2. The first-order chi connectivity index (χ1) is 18.7. The highest BCUT2D eigenvalue weighted by Gasteiger charge is 2.35. The van der Waals surface area contributed by atoms with Gasteiger partial charge in [-0.25, -0.2) is 13.2 Å². The third-order valence-corrected chi connectivity index (χ3v) is 6.89. The number of aromatic hydroxyl groups is 1. The van der Waals surface area contributed by atoms with E-state index >= 15 is 0 Å². The van der Waals surface area contributed by atoms with Crippen LogP contribution in [-0.4, -0.2) is 53.3 Å². The van der Waals surface area contributed by atoms with Crippen LogP contribution in [0.2, 0.25) is 0 Å². The summed E-state index contributed by atoms with van der Waals surface area (Å²) in [6.07, 6.45) is 5.07. The number of aromatic nitrogens is 5. The van der Waals surface area contributed by atoms with Crippen LogP contribution in [0.1, 0.15) is 53.3 Å². The Hall–Kier alpha value is -4.48. The molecular weight excluding hydrogens is 513 g/mol. The quantitative estimate of drug-likeness (QED) is 0.401. The Morgan fingerprint density at radius 2 is 1.95 bits per heavy atom. The largest absolute Gasteiger partial charge is 0.493 e. The molecule has 1 N–H and O–H groups in total. The Morgan fingerprint density at radius 3 is 2.59 bits per heavy atom. The van der Waals surface area contributed by atoms with Gasteiger partial charge < -0.3 is 10.0 Å². The Morgan fingerprint density at radius 1 is 1.21 bits per heavy atom. The van der Waals surface area contributed by atoms with E-state index in [-0.39, 0.29) is 42.5 Å². The molecule has 0 bridgehead atoms. The number of rotatable bonds is 6. The van der Waals surface area contributed by atoms with E-state index in [4.69, 9.17) is 0 Å². The molecular formula is C27H25F3N6O3. The molecule has 1 fully saturated rings. The number of hydrogen-bond acceptors (Lipinski definition) is 6. The van der Waals surface area contributed by atoms with Crippen LogP contribution in [-0.2, 0) is 7.05 Å². The molecule has 0 aliphatic carbocycles. The Balaban J connectivity index is 1.61. The van der Waals surface area contributed by atoms with Crippen molar-refractivity contribution >= 4 is 5.91 Å². The lowest BCUT2D eigenvalue weighted by atomic mass is 10.0. The van der Waals surface area contributed by atoms with Crippen LogP contribution in [0.3, 0.4) is 0 Å². The second-order valence-corrected chi connectivity index (χ2v) is 9.45. The van der Waals surface area contributed by atoms with E-state index in [1.165, 1.54) is 34.1 Å². The van der Waals surface area contributed by atoms with Gasteiger partial charge in [0.1, 0.15) is 17.5 Å². The molecule has 39 heavy (non-hydrogen) atoms. The van der Waals surface area contributed by atoms with E-state index in [9.17, 15) is 27.9 Å². The van der Waals surface area contributed by atoms with Crippen molar-refractivity contribution in [2.24, 2.45) is 7.05 Å². The Kier molecular flexibility index (Phi) is 6.94. The first kappa shape index (κ1) is 26.1. The predicted molar refractivity (Wildman–Crippen MR) is 135 cm³/mol. The summed E-state index contributed by atoms with van der Waals surface area (Å²) in [6.45, 7) is 2.01. The van der Waals surface area contributed by atoms with E-state index < -0.39 is 46.4 Å². The molecule has 9 nitrogen and oxygen atoms in total. The predicted octanol–water partition coefficient (Wildman–Crippen LogP) is 3.79. The number of benzene rings is 1. The molecule has 0 radical (unpaired) electrons. The fraction of sp³-hybridized carbons (Fsp3) is 0.296. The maximum atomic E-state index is 14.3. The van der Waals surface area contributed by atoms with Crippen LogP contribution in [0.15, 0.2) is 53.7 Å². The maximum Gasteiger partial charge on any atom is 0.271 e. The second-order valence-electron chi connectivity index (χ2n) is 9.45. The van der Waals surface area contributed by atoms with Crippen LogP contribution < -0.4 is 5.56 Å². The van der Waals surface area contributed by atoms with Gasteiger partial charge in [-0.1, -0.05) is 6.92 Å². The number of aryl methyl sites for hydroxylation is 1. The zero-order valence-electron chi connectivity index (χ0n) is 21.2. The standard InChI is InChI=1S/C27H25F3N6O3/c1-3-21(16-9-18(28)11-19(29)10-16)36-24(17-12-32-34(2)13-17)33-25(37)22(27(36)39)26(38)35-8-6-15(14-35)23-20(30)5-4-7-31-23/h4-5,7,9-13,15,21,37H,3,6,8,14H2,1-2H3. The fourth-order valence-electron chi connectivity index (χ4n) is 5.10. The normalized spacial score (nSPS) is 16.0. The van der Waals surface area contributed by atoms with Crippen LogP contribution in [0.25, 0.3) is 11.4 Å². The number of amides is 1. The van der Waals surface area contributed by atoms with E-state index in [2.05, 4.69) is 15.1 Å². The minimum absolute atomic E-state index is 0.0199. The van der Waals surface area contributed by atoms with E-state index in [0.717, 1.165) is 22.8 Å². The molecule has 12 heteroatoms. The smallest absolute Gasteiger partial charge is 0.271 e. The molecule has 1 aliphatic heterocycles. The summed E-state index contributed by atoms with van der Waals surface area (Å²) in [5, 5.41) is 14.9. The second kappa shape index (κ2) is 10.4.